The van der Waals surface area contributed by atoms with Gasteiger partial charge in [-0.1, -0.05) is 17.7 Å². The first kappa shape index (κ1) is 21.4. The fourth-order valence-electron chi connectivity index (χ4n) is 3.87. The molecule has 2 aromatic carbocycles. The predicted octanol–water partition coefficient (Wildman–Crippen LogP) is 4.62. The van der Waals surface area contributed by atoms with Crippen molar-refractivity contribution in [3.8, 4) is 0 Å². The maximum absolute atomic E-state index is 14.0. The summed E-state index contributed by atoms with van der Waals surface area (Å²) in [7, 11) is -3.96. The lowest BCUT2D eigenvalue weighted by Gasteiger charge is -2.30. The number of rotatable bonds is 2. The fourth-order valence-corrected chi connectivity index (χ4v) is 5.44. The lowest BCUT2D eigenvalue weighted by Crippen LogP contribution is -2.40. The van der Waals surface area contributed by atoms with Crippen molar-refractivity contribution in [2.75, 3.05) is 6.54 Å². The van der Waals surface area contributed by atoms with Crippen LogP contribution in [0.5, 0.6) is 0 Å². The third kappa shape index (κ3) is 3.92. The summed E-state index contributed by atoms with van der Waals surface area (Å²) in [6.45, 7) is 7.64. The SMILES string of the molecule is Cc1ccc(S(=O)(=O)n2c3c(c4cc(F)ccc42)CCN(C(=O)OC(C)(C)C)C3)cc1. The van der Waals surface area contributed by atoms with Gasteiger partial charge in [-0.3, -0.25) is 0 Å². The molecule has 0 aliphatic carbocycles. The molecule has 0 radical (unpaired) electrons. The number of amides is 1. The number of carbonyl (C=O) groups is 1. The molecule has 3 aromatic rings. The molecule has 0 atom stereocenters. The van der Waals surface area contributed by atoms with Gasteiger partial charge in [0.05, 0.1) is 22.7 Å². The third-order valence-electron chi connectivity index (χ3n) is 5.28. The average molecular weight is 445 g/mol. The Kier molecular flexibility index (Phi) is 5.08. The first-order chi connectivity index (χ1) is 14.5. The molecule has 0 saturated carbocycles. The molecule has 0 N–H and O–H groups in total. The Balaban J connectivity index is 1.88. The Hall–Kier alpha value is -2.87. The van der Waals surface area contributed by atoms with Crippen molar-refractivity contribution in [1.29, 1.82) is 0 Å². The van der Waals surface area contributed by atoms with E-state index >= 15 is 0 Å². The van der Waals surface area contributed by atoms with Crippen LogP contribution in [0.1, 0.15) is 37.6 Å². The van der Waals surface area contributed by atoms with Crippen LogP contribution in [-0.4, -0.2) is 35.5 Å². The van der Waals surface area contributed by atoms with Crippen LogP contribution in [0.15, 0.2) is 47.4 Å². The number of aryl methyl sites for hydroxylation is 1. The minimum absolute atomic E-state index is 0.0611. The summed E-state index contributed by atoms with van der Waals surface area (Å²) < 4.78 is 48.0. The zero-order valence-corrected chi connectivity index (χ0v) is 18.8. The number of halogens is 1. The smallest absolute Gasteiger partial charge is 0.410 e. The Morgan fingerprint density at radius 1 is 1.10 bits per heavy atom. The second kappa shape index (κ2) is 7.37. The van der Waals surface area contributed by atoms with Gasteiger partial charge < -0.3 is 9.64 Å². The highest BCUT2D eigenvalue weighted by Gasteiger charge is 2.33. The Morgan fingerprint density at radius 2 is 1.77 bits per heavy atom. The number of carbonyl (C=O) groups excluding carboxylic acids is 1. The molecule has 0 bridgehead atoms. The lowest BCUT2D eigenvalue weighted by molar-refractivity contribution is 0.0221. The van der Waals surface area contributed by atoms with Crippen LogP contribution in [0.3, 0.4) is 0 Å². The predicted molar refractivity (Wildman–Crippen MR) is 116 cm³/mol. The summed E-state index contributed by atoms with van der Waals surface area (Å²) in [6.07, 6.45) is -0.0980. The molecular formula is C23H25FN2O4S. The van der Waals surface area contributed by atoms with E-state index in [1.807, 2.05) is 6.92 Å². The summed E-state index contributed by atoms with van der Waals surface area (Å²) in [5, 5.41) is 0.550. The van der Waals surface area contributed by atoms with Crippen molar-refractivity contribution in [2.24, 2.45) is 0 Å². The van der Waals surface area contributed by atoms with Gasteiger partial charge in [0, 0.05) is 11.9 Å². The van der Waals surface area contributed by atoms with E-state index in [0.717, 1.165) is 11.1 Å². The molecule has 0 fully saturated rings. The molecule has 1 aliphatic heterocycles. The van der Waals surface area contributed by atoms with Crippen molar-refractivity contribution in [3.63, 3.8) is 0 Å². The summed E-state index contributed by atoms with van der Waals surface area (Å²) in [5.74, 6) is -0.435. The highest BCUT2D eigenvalue weighted by atomic mass is 32.2. The zero-order valence-electron chi connectivity index (χ0n) is 18.0. The molecule has 0 saturated heterocycles. The molecule has 1 amide bonds. The van der Waals surface area contributed by atoms with Crippen LogP contribution in [0, 0.1) is 12.7 Å². The van der Waals surface area contributed by atoms with Crippen LogP contribution >= 0.6 is 0 Å². The van der Waals surface area contributed by atoms with Gasteiger partial charge in [0.15, 0.2) is 0 Å². The van der Waals surface area contributed by atoms with E-state index in [1.165, 1.54) is 27.1 Å². The summed E-state index contributed by atoms with van der Waals surface area (Å²) in [5.41, 5.74) is 1.87. The average Bonchev–Trinajstić information content (AvgIpc) is 3.00. The lowest BCUT2D eigenvalue weighted by atomic mass is 10.0. The normalized spacial score (nSPS) is 14.5. The van der Waals surface area contributed by atoms with Gasteiger partial charge in [0.2, 0.25) is 0 Å². The van der Waals surface area contributed by atoms with Crippen LogP contribution < -0.4 is 0 Å². The largest absolute Gasteiger partial charge is 0.444 e. The monoisotopic (exact) mass is 444 g/mol. The van der Waals surface area contributed by atoms with Gasteiger partial charge in [-0.05, 0) is 70.0 Å². The standard InChI is InChI=1S/C23H25FN2O4S/c1-15-5-8-17(9-6-15)31(28,29)26-20-10-7-16(24)13-19(20)18-11-12-25(14-21(18)26)22(27)30-23(2,3)4/h5-10,13H,11-12,14H2,1-4H3. The fraction of sp³-hybridized carbons (Fsp3) is 0.348. The van der Waals surface area contributed by atoms with Gasteiger partial charge >= 0.3 is 6.09 Å². The molecule has 8 heteroatoms. The molecule has 2 heterocycles. The maximum Gasteiger partial charge on any atom is 0.410 e. The first-order valence-corrected chi connectivity index (χ1v) is 11.5. The van der Waals surface area contributed by atoms with Crippen molar-refractivity contribution in [1.82, 2.24) is 8.87 Å². The second-order valence-corrected chi connectivity index (χ2v) is 10.6. The van der Waals surface area contributed by atoms with E-state index in [2.05, 4.69) is 0 Å². The number of hydrogen-bond acceptors (Lipinski definition) is 4. The van der Waals surface area contributed by atoms with Crippen LogP contribution in [0.4, 0.5) is 9.18 Å². The number of nitrogens with zero attached hydrogens (tertiary/aromatic N) is 2. The summed E-state index contributed by atoms with van der Waals surface area (Å²) >= 11 is 0. The second-order valence-electron chi connectivity index (χ2n) is 8.82. The Morgan fingerprint density at radius 3 is 2.42 bits per heavy atom. The number of benzene rings is 2. The molecule has 6 nitrogen and oxygen atoms in total. The number of fused-ring (bicyclic) bond motifs is 3. The van der Waals surface area contributed by atoms with E-state index in [0.29, 0.717) is 29.6 Å². The number of ether oxygens (including phenoxy) is 1. The topological polar surface area (TPSA) is 68.6 Å². The Bertz CT molecular complexity index is 1270. The highest BCUT2D eigenvalue weighted by molar-refractivity contribution is 7.90. The van der Waals surface area contributed by atoms with E-state index in [9.17, 15) is 17.6 Å². The zero-order chi connectivity index (χ0) is 22.6. The van der Waals surface area contributed by atoms with Crippen LogP contribution in [-0.2, 0) is 27.7 Å². The molecule has 1 aliphatic rings. The molecule has 0 spiro atoms. The van der Waals surface area contributed by atoms with Gasteiger partial charge in [0.25, 0.3) is 10.0 Å². The van der Waals surface area contributed by atoms with E-state index in [1.54, 1.807) is 45.0 Å². The molecule has 4 rings (SSSR count). The van der Waals surface area contributed by atoms with Crippen molar-refractivity contribution in [3.05, 3.63) is 65.1 Å². The van der Waals surface area contributed by atoms with E-state index in [4.69, 9.17) is 4.74 Å². The molecule has 0 unspecified atom stereocenters. The molecule has 1 aromatic heterocycles. The van der Waals surface area contributed by atoms with Crippen molar-refractivity contribution in [2.45, 2.75) is 51.2 Å². The third-order valence-corrected chi connectivity index (χ3v) is 7.04. The van der Waals surface area contributed by atoms with Crippen molar-refractivity contribution >= 4 is 27.0 Å². The number of hydrogen-bond donors (Lipinski definition) is 0. The van der Waals surface area contributed by atoms with Gasteiger partial charge in [-0.2, -0.15) is 0 Å². The van der Waals surface area contributed by atoms with Gasteiger partial charge in [0.1, 0.15) is 11.4 Å². The quantitative estimate of drug-likeness (QED) is 0.578. The van der Waals surface area contributed by atoms with E-state index in [-0.39, 0.29) is 11.4 Å². The van der Waals surface area contributed by atoms with Crippen LogP contribution in [0.25, 0.3) is 10.9 Å². The number of aromatic nitrogens is 1. The Labute approximate surface area is 181 Å². The molecular weight excluding hydrogens is 419 g/mol. The minimum Gasteiger partial charge on any atom is -0.444 e. The summed E-state index contributed by atoms with van der Waals surface area (Å²) in [6, 6.07) is 10.7. The van der Waals surface area contributed by atoms with Crippen molar-refractivity contribution < 1.29 is 22.3 Å². The minimum atomic E-state index is -3.96. The summed E-state index contributed by atoms with van der Waals surface area (Å²) in [4.78, 5) is 14.3. The van der Waals surface area contributed by atoms with Crippen LogP contribution in [0.2, 0.25) is 0 Å². The molecule has 31 heavy (non-hydrogen) atoms. The molecule has 164 valence electrons. The van der Waals surface area contributed by atoms with Gasteiger partial charge in [-0.25, -0.2) is 21.6 Å². The maximum atomic E-state index is 14.0. The first-order valence-electron chi connectivity index (χ1n) is 10.1. The highest BCUT2D eigenvalue weighted by Crippen LogP contribution is 2.35. The van der Waals surface area contributed by atoms with Gasteiger partial charge in [-0.15, -0.1) is 0 Å². The van der Waals surface area contributed by atoms with E-state index < -0.39 is 27.5 Å².